The molecule has 0 saturated heterocycles. The van der Waals surface area contributed by atoms with E-state index >= 15 is 0 Å². The normalized spacial score (nSPS) is 11.3. The summed E-state index contributed by atoms with van der Waals surface area (Å²) in [6.45, 7) is 8.23. The Morgan fingerprint density at radius 2 is 1.50 bits per heavy atom. The molecule has 0 heterocycles. The van der Waals surface area contributed by atoms with Crippen molar-refractivity contribution in [2.45, 2.75) is 13.8 Å². The molecule has 0 N–H and O–H groups in total. The molecule has 0 fully saturated rings. The van der Waals surface area contributed by atoms with Crippen LogP contribution in [0.2, 0.25) is 0 Å². The highest BCUT2D eigenvalue weighted by Crippen LogP contribution is 2.23. The van der Waals surface area contributed by atoms with Gasteiger partial charge in [0.25, 0.3) is 0 Å². The van der Waals surface area contributed by atoms with Gasteiger partial charge in [-0.25, -0.2) is 0 Å². The summed E-state index contributed by atoms with van der Waals surface area (Å²) in [4.78, 5) is 0. The highest BCUT2D eigenvalue weighted by Gasteiger charge is 2.01. The standard InChI is InChI=1S/C18H18/c1-14(2)18-12-8-7-11-17(18)13-15(3)16-9-5-4-6-10-16/h4-13H,1H2,2-3H3. The average Bonchev–Trinajstić information content (AvgIpc) is 2.40. The van der Waals surface area contributed by atoms with E-state index in [0.717, 1.165) is 5.57 Å². The van der Waals surface area contributed by atoms with E-state index in [9.17, 15) is 0 Å². The van der Waals surface area contributed by atoms with Gasteiger partial charge in [0.15, 0.2) is 0 Å². The third-order valence-corrected chi connectivity index (χ3v) is 3.02. The number of hydrogen-bond donors (Lipinski definition) is 0. The Morgan fingerprint density at radius 1 is 0.889 bits per heavy atom. The summed E-state index contributed by atoms with van der Waals surface area (Å²) in [5, 5.41) is 0. The summed E-state index contributed by atoms with van der Waals surface area (Å²) in [5.74, 6) is 0. The maximum atomic E-state index is 4.04. The van der Waals surface area contributed by atoms with E-state index in [1.165, 1.54) is 22.3 Å². The monoisotopic (exact) mass is 234 g/mol. The fourth-order valence-electron chi connectivity index (χ4n) is 2.03. The zero-order valence-electron chi connectivity index (χ0n) is 11.0. The number of benzene rings is 2. The molecule has 0 amide bonds. The lowest BCUT2D eigenvalue weighted by atomic mass is 9.98. The molecule has 2 aromatic rings. The van der Waals surface area contributed by atoms with Gasteiger partial charge in [-0.15, -0.1) is 0 Å². The van der Waals surface area contributed by atoms with Crippen LogP contribution in [0.1, 0.15) is 30.5 Å². The van der Waals surface area contributed by atoms with Gasteiger partial charge in [-0.1, -0.05) is 72.8 Å². The minimum absolute atomic E-state index is 1.10. The minimum Gasteiger partial charge on any atom is -0.0955 e. The van der Waals surface area contributed by atoms with Crippen molar-refractivity contribution in [2.24, 2.45) is 0 Å². The summed E-state index contributed by atoms with van der Waals surface area (Å²) >= 11 is 0. The molecular weight excluding hydrogens is 216 g/mol. The molecule has 2 rings (SSSR count). The lowest BCUT2D eigenvalue weighted by Gasteiger charge is -2.07. The minimum atomic E-state index is 1.10. The molecule has 0 heteroatoms. The Hall–Kier alpha value is -2.08. The van der Waals surface area contributed by atoms with Gasteiger partial charge in [0, 0.05) is 0 Å². The molecule has 18 heavy (non-hydrogen) atoms. The van der Waals surface area contributed by atoms with E-state index in [2.05, 4.69) is 68.1 Å². The molecule has 0 aromatic heterocycles. The van der Waals surface area contributed by atoms with Gasteiger partial charge in [0.2, 0.25) is 0 Å². The lowest BCUT2D eigenvalue weighted by Crippen LogP contribution is -1.85. The van der Waals surface area contributed by atoms with Gasteiger partial charge in [-0.3, -0.25) is 0 Å². The smallest absolute Gasteiger partial charge is 0.0161 e. The van der Waals surface area contributed by atoms with Gasteiger partial charge in [0.1, 0.15) is 0 Å². The number of rotatable bonds is 3. The predicted octanol–water partition coefficient (Wildman–Crippen LogP) is 5.28. The second kappa shape index (κ2) is 5.50. The predicted molar refractivity (Wildman–Crippen MR) is 81.1 cm³/mol. The molecule has 90 valence electrons. The van der Waals surface area contributed by atoms with Crippen LogP contribution in [-0.4, -0.2) is 0 Å². The van der Waals surface area contributed by atoms with Crippen molar-refractivity contribution in [3.8, 4) is 0 Å². The van der Waals surface area contributed by atoms with Crippen LogP contribution in [0, 0.1) is 0 Å². The van der Waals surface area contributed by atoms with E-state index in [1.807, 2.05) is 13.0 Å². The quantitative estimate of drug-likeness (QED) is 0.634. The first kappa shape index (κ1) is 12.4. The van der Waals surface area contributed by atoms with Gasteiger partial charge in [-0.2, -0.15) is 0 Å². The van der Waals surface area contributed by atoms with Gasteiger partial charge < -0.3 is 0 Å². The van der Waals surface area contributed by atoms with E-state index in [0.29, 0.717) is 0 Å². The van der Waals surface area contributed by atoms with Crippen molar-refractivity contribution in [3.63, 3.8) is 0 Å². The molecule has 2 aromatic carbocycles. The van der Waals surface area contributed by atoms with E-state index < -0.39 is 0 Å². The van der Waals surface area contributed by atoms with Gasteiger partial charge in [0.05, 0.1) is 0 Å². The average molecular weight is 234 g/mol. The van der Waals surface area contributed by atoms with Crippen LogP contribution in [0.5, 0.6) is 0 Å². The van der Waals surface area contributed by atoms with Crippen molar-refractivity contribution in [2.75, 3.05) is 0 Å². The Balaban J connectivity index is 2.42. The first-order chi connectivity index (χ1) is 8.68. The molecule has 0 nitrogen and oxygen atoms in total. The number of allylic oxidation sites excluding steroid dienone is 2. The highest BCUT2D eigenvalue weighted by atomic mass is 14.1. The van der Waals surface area contributed by atoms with Crippen molar-refractivity contribution < 1.29 is 0 Å². The summed E-state index contributed by atoms with van der Waals surface area (Å²) in [7, 11) is 0. The second-order valence-corrected chi connectivity index (χ2v) is 4.56. The van der Waals surface area contributed by atoms with Gasteiger partial charge in [-0.05, 0) is 36.1 Å². The summed E-state index contributed by atoms with van der Waals surface area (Å²) in [6.07, 6.45) is 2.22. The maximum Gasteiger partial charge on any atom is -0.0161 e. The molecular formula is C18H18. The largest absolute Gasteiger partial charge is 0.0955 e. The Bertz CT molecular complexity index is 574. The van der Waals surface area contributed by atoms with Crippen LogP contribution in [0.4, 0.5) is 0 Å². The van der Waals surface area contributed by atoms with Crippen LogP contribution in [0.25, 0.3) is 17.2 Å². The van der Waals surface area contributed by atoms with Crippen molar-refractivity contribution in [1.82, 2.24) is 0 Å². The topological polar surface area (TPSA) is 0 Å². The third-order valence-electron chi connectivity index (χ3n) is 3.02. The van der Waals surface area contributed by atoms with E-state index in [1.54, 1.807) is 0 Å². The van der Waals surface area contributed by atoms with Crippen LogP contribution >= 0.6 is 0 Å². The maximum absolute atomic E-state index is 4.04. The van der Waals surface area contributed by atoms with Crippen LogP contribution in [-0.2, 0) is 0 Å². The van der Waals surface area contributed by atoms with Crippen molar-refractivity contribution in [1.29, 1.82) is 0 Å². The van der Waals surface area contributed by atoms with Crippen LogP contribution in [0.3, 0.4) is 0 Å². The van der Waals surface area contributed by atoms with E-state index in [4.69, 9.17) is 0 Å². The summed E-state index contributed by atoms with van der Waals surface area (Å²) < 4.78 is 0. The molecule has 0 atom stereocenters. The Labute approximate surface area is 109 Å². The zero-order chi connectivity index (χ0) is 13.0. The molecule has 0 radical (unpaired) electrons. The Kier molecular flexibility index (Phi) is 3.78. The van der Waals surface area contributed by atoms with Crippen molar-refractivity contribution >= 4 is 17.2 Å². The molecule has 0 aliphatic carbocycles. The summed E-state index contributed by atoms with van der Waals surface area (Å²) in [5.41, 5.74) is 6.07. The highest BCUT2D eigenvalue weighted by molar-refractivity contribution is 5.84. The van der Waals surface area contributed by atoms with Crippen molar-refractivity contribution in [3.05, 3.63) is 77.9 Å². The molecule has 0 unspecified atom stereocenters. The van der Waals surface area contributed by atoms with E-state index in [-0.39, 0.29) is 0 Å². The first-order valence-corrected chi connectivity index (χ1v) is 6.17. The third kappa shape index (κ3) is 2.78. The van der Waals surface area contributed by atoms with Gasteiger partial charge >= 0.3 is 0 Å². The zero-order valence-corrected chi connectivity index (χ0v) is 11.0. The fraction of sp³-hybridized carbons (Fsp3) is 0.111. The molecule has 0 aliphatic heterocycles. The van der Waals surface area contributed by atoms with Crippen LogP contribution in [0.15, 0.2) is 61.2 Å². The Morgan fingerprint density at radius 3 is 2.17 bits per heavy atom. The van der Waals surface area contributed by atoms with Crippen LogP contribution < -0.4 is 0 Å². The fourth-order valence-corrected chi connectivity index (χ4v) is 2.03. The lowest BCUT2D eigenvalue weighted by molar-refractivity contribution is 1.53. The molecule has 0 saturated carbocycles. The second-order valence-electron chi connectivity index (χ2n) is 4.56. The summed E-state index contributed by atoms with van der Waals surface area (Å²) in [6, 6.07) is 18.8. The first-order valence-electron chi connectivity index (χ1n) is 6.17. The molecule has 0 bridgehead atoms. The molecule has 0 spiro atoms. The SMILES string of the molecule is C=C(C)c1ccccc1C=C(C)c1ccccc1. The molecule has 0 aliphatic rings. The number of hydrogen-bond acceptors (Lipinski definition) is 0.